The normalized spacial score (nSPS) is 18.7. The van der Waals surface area contributed by atoms with Crippen LogP contribution in [0.2, 0.25) is 0 Å². The van der Waals surface area contributed by atoms with E-state index in [2.05, 4.69) is 35.2 Å². The number of pyridine rings is 1. The molecule has 19 heavy (non-hydrogen) atoms. The van der Waals surface area contributed by atoms with E-state index in [0.717, 1.165) is 36.3 Å². The zero-order chi connectivity index (χ0) is 13.5. The van der Waals surface area contributed by atoms with Gasteiger partial charge in [-0.2, -0.15) is 0 Å². The summed E-state index contributed by atoms with van der Waals surface area (Å²) < 4.78 is 0. The van der Waals surface area contributed by atoms with Crippen LogP contribution in [-0.2, 0) is 6.42 Å². The molecule has 1 aliphatic rings. The maximum Gasteiger partial charge on any atom is 0.156 e. The molecule has 2 heterocycles. The van der Waals surface area contributed by atoms with Crippen molar-refractivity contribution in [2.24, 2.45) is 10.9 Å². The first-order valence-electron chi connectivity index (χ1n) is 7.18. The van der Waals surface area contributed by atoms with Crippen LogP contribution >= 0.6 is 11.8 Å². The molecule has 1 aliphatic heterocycles. The molecule has 0 saturated carbocycles. The Hall–Kier alpha value is -1.03. The standard InChI is InChI=1S/C15H23N3S/c1-3-12(4-2)14-11-18-15(19-14)17-10-8-13-7-5-6-9-16-13/h5-7,9,12,14H,3-4,8,10-11H2,1-2H3,(H,17,18). The molecule has 0 radical (unpaired) electrons. The molecule has 1 atom stereocenters. The molecule has 0 fully saturated rings. The van der Waals surface area contributed by atoms with Gasteiger partial charge in [0, 0.05) is 30.1 Å². The quantitative estimate of drug-likeness (QED) is 0.868. The van der Waals surface area contributed by atoms with Crippen LogP contribution in [0.1, 0.15) is 32.4 Å². The summed E-state index contributed by atoms with van der Waals surface area (Å²) >= 11 is 1.92. The highest BCUT2D eigenvalue weighted by molar-refractivity contribution is 8.14. The van der Waals surface area contributed by atoms with Crippen molar-refractivity contribution < 1.29 is 0 Å². The molecular formula is C15H23N3S. The molecule has 2 rings (SSSR count). The Kier molecular flexibility index (Phi) is 5.70. The molecule has 0 bridgehead atoms. The molecule has 1 N–H and O–H groups in total. The van der Waals surface area contributed by atoms with Gasteiger partial charge in [-0.3, -0.25) is 9.98 Å². The van der Waals surface area contributed by atoms with Gasteiger partial charge in [0.15, 0.2) is 5.17 Å². The van der Waals surface area contributed by atoms with Gasteiger partial charge >= 0.3 is 0 Å². The minimum atomic E-state index is 0.673. The first-order chi connectivity index (χ1) is 9.33. The summed E-state index contributed by atoms with van der Waals surface area (Å²) in [5, 5.41) is 5.23. The Morgan fingerprint density at radius 1 is 1.37 bits per heavy atom. The fourth-order valence-corrected chi connectivity index (χ4v) is 3.74. The van der Waals surface area contributed by atoms with E-state index in [1.807, 2.05) is 30.1 Å². The number of nitrogens with one attached hydrogen (secondary N) is 1. The van der Waals surface area contributed by atoms with Gasteiger partial charge in [0.2, 0.25) is 0 Å². The number of amidine groups is 1. The summed E-state index contributed by atoms with van der Waals surface area (Å²) in [6, 6.07) is 6.06. The van der Waals surface area contributed by atoms with E-state index in [9.17, 15) is 0 Å². The molecule has 3 nitrogen and oxygen atoms in total. The lowest BCUT2D eigenvalue weighted by atomic mass is 9.99. The van der Waals surface area contributed by atoms with Gasteiger partial charge in [0.1, 0.15) is 0 Å². The molecule has 0 saturated heterocycles. The second-order valence-corrected chi connectivity index (χ2v) is 6.10. The Labute approximate surface area is 120 Å². The molecular weight excluding hydrogens is 254 g/mol. The Balaban J connectivity index is 1.71. The van der Waals surface area contributed by atoms with Gasteiger partial charge < -0.3 is 5.32 Å². The van der Waals surface area contributed by atoms with Crippen molar-refractivity contribution in [3.63, 3.8) is 0 Å². The van der Waals surface area contributed by atoms with Crippen molar-refractivity contribution >= 4 is 16.9 Å². The molecule has 1 unspecified atom stereocenters. The highest BCUT2D eigenvalue weighted by atomic mass is 32.2. The van der Waals surface area contributed by atoms with Crippen LogP contribution in [0.3, 0.4) is 0 Å². The summed E-state index contributed by atoms with van der Waals surface area (Å²) in [6.45, 7) is 6.45. The first-order valence-corrected chi connectivity index (χ1v) is 8.06. The van der Waals surface area contributed by atoms with Crippen LogP contribution in [0.15, 0.2) is 29.4 Å². The third-order valence-electron chi connectivity index (χ3n) is 3.64. The second kappa shape index (κ2) is 7.53. The molecule has 0 aromatic carbocycles. The van der Waals surface area contributed by atoms with Gasteiger partial charge in [0.05, 0.1) is 6.54 Å². The number of aromatic nitrogens is 1. The van der Waals surface area contributed by atoms with E-state index in [4.69, 9.17) is 0 Å². The average Bonchev–Trinajstić information content (AvgIpc) is 2.90. The predicted molar refractivity (Wildman–Crippen MR) is 83.7 cm³/mol. The van der Waals surface area contributed by atoms with Crippen LogP contribution in [0.4, 0.5) is 0 Å². The number of rotatable bonds is 6. The van der Waals surface area contributed by atoms with Gasteiger partial charge in [0.25, 0.3) is 0 Å². The van der Waals surface area contributed by atoms with Crippen LogP contribution in [0, 0.1) is 5.92 Å². The Morgan fingerprint density at radius 3 is 2.89 bits per heavy atom. The number of hydrogen-bond acceptors (Lipinski definition) is 4. The average molecular weight is 277 g/mol. The third-order valence-corrected chi connectivity index (χ3v) is 4.97. The minimum absolute atomic E-state index is 0.673. The zero-order valence-electron chi connectivity index (χ0n) is 11.8. The summed E-state index contributed by atoms with van der Waals surface area (Å²) in [6.07, 6.45) is 5.31. The SMILES string of the molecule is CCC(CC)C1CN=C(NCCc2ccccn2)S1. The predicted octanol–water partition coefficient (Wildman–Crippen LogP) is 3.12. The topological polar surface area (TPSA) is 37.3 Å². The maximum atomic E-state index is 4.61. The smallest absolute Gasteiger partial charge is 0.156 e. The van der Waals surface area contributed by atoms with E-state index >= 15 is 0 Å². The third kappa shape index (κ3) is 4.23. The van der Waals surface area contributed by atoms with E-state index < -0.39 is 0 Å². The van der Waals surface area contributed by atoms with Gasteiger partial charge in [-0.1, -0.05) is 44.5 Å². The van der Waals surface area contributed by atoms with Crippen LogP contribution < -0.4 is 5.32 Å². The fourth-order valence-electron chi connectivity index (χ4n) is 2.39. The number of hydrogen-bond donors (Lipinski definition) is 1. The number of aliphatic imine (C=N–C) groups is 1. The first kappa shape index (κ1) is 14.4. The molecule has 104 valence electrons. The summed E-state index contributed by atoms with van der Waals surface area (Å²) in [7, 11) is 0. The lowest BCUT2D eigenvalue weighted by Gasteiger charge is -2.18. The lowest BCUT2D eigenvalue weighted by Crippen LogP contribution is -2.23. The van der Waals surface area contributed by atoms with Crippen molar-refractivity contribution in [1.82, 2.24) is 10.3 Å². The van der Waals surface area contributed by atoms with Crippen LogP contribution in [0.25, 0.3) is 0 Å². The minimum Gasteiger partial charge on any atom is -0.365 e. The number of thioether (sulfide) groups is 1. The number of nitrogens with zero attached hydrogens (tertiary/aromatic N) is 2. The van der Waals surface area contributed by atoms with Crippen molar-refractivity contribution in [3.05, 3.63) is 30.1 Å². The largest absolute Gasteiger partial charge is 0.365 e. The molecule has 0 spiro atoms. The van der Waals surface area contributed by atoms with Gasteiger partial charge in [-0.25, -0.2) is 0 Å². The molecule has 4 heteroatoms. The van der Waals surface area contributed by atoms with Gasteiger partial charge in [-0.15, -0.1) is 0 Å². The van der Waals surface area contributed by atoms with E-state index in [0.29, 0.717) is 5.25 Å². The van der Waals surface area contributed by atoms with E-state index in [1.54, 1.807) is 0 Å². The summed E-state index contributed by atoms with van der Waals surface area (Å²) in [5.74, 6) is 0.795. The Bertz CT molecular complexity index is 401. The summed E-state index contributed by atoms with van der Waals surface area (Å²) in [4.78, 5) is 8.94. The molecule has 1 aromatic rings. The second-order valence-electron chi connectivity index (χ2n) is 4.88. The Morgan fingerprint density at radius 2 is 2.21 bits per heavy atom. The lowest BCUT2D eigenvalue weighted by molar-refractivity contribution is 0.479. The zero-order valence-corrected chi connectivity index (χ0v) is 12.6. The van der Waals surface area contributed by atoms with Crippen LogP contribution in [0.5, 0.6) is 0 Å². The monoisotopic (exact) mass is 277 g/mol. The molecule has 1 aromatic heterocycles. The van der Waals surface area contributed by atoms with Crippen molar-refractivity contribution in [3.8, 4) is 0 Å². The highest BCUT2D eigenvalue weighted by Gasteiger charge is 2.25. The maximum absolute atomic E-state index is 4.61. The fraction of sp³-hybridized carbons (Fsp3) is 0.600. The molecule has 0 aliphatic carbocycles. The van der Waals surface area contributed by atoms with Crippen molar-refractivity contribution in [2.45, 2.75) is 38.4 Å². The van der Waals surface area contributed by atoms with Crippen LogP contribution in [-0.4, -0.2) is 28.5 Å². The van der Waals surface area contributed by atoms with Crippen molar-refractivity contribution in [1.29, 1.82) is 0 Å². The van der Waals surface area contributed by atoms with Gasteiger partial charge in [-0.05, 0) is 18.1 Å². The highest BCUT2D eigenvalue weighted by Crippen LogP contribution is 2.30. The van der Waals surface area contributed by atoms with E-state index in [1.165, 1.54) is 12.8 Å². The summed E-state index contributed by atoms with van der Waals surface area (Å²) in [5.41, 5.74) is 1.13. The van der Waals surface area contributed by atoms with Crippen molar-refractivity contribution in [2.75, 3.05) is 13.1 Å². The molecule has 0 amide bonds. The van der Waals surface area contributed by atoms with E-state index in [-0.39, 0.29) is 0 Å².